The summed E-state index contributed by atoms with van der Waals surface area (Å²) in [4.78, 5) is 13.5. The van der Waals surface area contributed by atoms with Crippen LogP contribution in [0, 0.1) is 17.2 Å². The van der Waals surface area contributed by atoms with E-state index in [1.54, 1.807) is 19.1 Å². The van der Waals surface area contributed by atoms with Crippen LogP contribution in [-0.4, -0.2) is 32.6 Å². The van der Waals surface area contributed by atoms with Gasteiger partial charge in [-0.15, -0.1) is 0 Å². The molecule has 106 valence electrons. The summed E-state index contributed by atoms with van der Waals surface area (Å²) in [5.41, 5.74) is 2.07. The van der Waals surface area contributed by atoms with Crippen molar-refractivity contribution in [1.82, 2.24) is 0 Å². The number of carbonyl (C=O) groups excluding carboxylic acids is 1. The molecule has 1 fully saturated rings. The fourth-order valence-corrected chi connectivity index (χ4v) is 2.60. The zero-order chi connectivity index (χ0) is 14.5. The van der Waals surface area contributed by atoms with Gasteiger partial charge in [0.05, 0.1) is 17.9 Å². The maximum Gasteiger partial charge on any atom is 0.159 e. The minimum atomic E-state index is 0.0186. The molecular formula is C16H20N2O2. The SMILES string of the molecule is CC(=O)c1ccc(C#N)c(N(C)CC2CCCOC2)c1. The van der Waals surface area contributed by atoms with E-state index in [-0.39, 0.29) is 5.78 Å². The number of carbonyl (C=O) groups is 1. The van der Waals surface area contributed by atoms with E-state index >= 15 is 0 Å². The Kier molecular flexibility index (Phi) is 4.75. The fraction of sp³-hybridized carbons (Fsp3) is 0.500. The summed E-state index contributed by atoms with van der Waals surface area (Å²) in [6.07, 6.45) is 2.25. The first-order valence-electron chi connectivity index (χ1n) is 6.95. The van der Waals surface area contributed by atoms with Gasteiger partial charge >= 0.3 is 0 Å². The molecule has 20 heavy (non-hydrogen) atoms. The number of hydrogen-bond acceptors (Lipinski definition) is 4. The number of rotatable bonds is 4. The van der Waals surface area contributed by atoms with Crippen LogP contribution in [-0.2, 0) is 4.74 Å². The number of hydrogen-bond donors (Lipinski definition) is 0. The van der Waals surface area contributed by atoms with Gasteiger partial charge in [0.25, 0.3) is 0 Å². The normalized spacial score (nSPS) is 18.4. The lowest BCUT2D eigenvalue weighted by Crippen LogP contribution is -2.31. The predicted molar refractivity (Wildman–Crippen MR) is 78.0 cm³/mol. The lowest BCUT2D eigenvalue weighted by atomic mass is 10.0. The van der Waals surface area contributed by atoms with Gasteiger partial charge in [-0.2, -0.15) is 5.26 Å². The summed E-state index contributed by atoms with van der Waals surface area (Å²) in [5.74, 6) is 0.506. The van der Waals surface area contributed by atoms with Crippen LogP contribution < -0.4 is 4.90 Å². The fourth-order valence-electron chi connectivity index (χ4n) is 2.60. The van der Waals surface area contributed by atoms with Crippen molar-refractivity contribution in [2.24, 2.45) is 5.92 Å². The van der Waals surface area contributed by atoms with Crippen molar-refractivity contribution in [3.63, 3.8) is 0 Å². The van der Waals surface area contributed by atoms with Crippen molar-refractivity contribution in [2.45, 2.75) is 19.8 Å². The maximum atomic E-state index is 11.5. The minimum Gasteiger partial charge on any atom is -0.381 e. The first-order valence-corrected chi connectivity index (χ1v) is 6.95. The van der Waals surface area contributed by atoms with E-state index in [0.717, 1.165) is 38.3 Å². The number of nitriles is 1. The van der Waals surface area contributed by atoms with E-state index in [2.05, 4.69) is 11.0 Å². The standard InChI is InChI=1S/C16H20N2O2/c1-12(19)14-5-6-15(9-17)16(8-14)18(2)10-13-4-3-7-20-11-13/h5-6,8,13H,3-4,7,10-11H2,1-2H3. The van der Waals surface area contributed by atoms with E-state index in [9.17, 15) is 10.1 Å². The Morgan fingerprint density at radius 1 is 1.55 bits per heavy atom. The first-order chi connectivity index (χ1) is 9.61. The summed E-state index contributed by atoms with van der Waals surface area (Å²) in [6, 6.07) is 7.44. The average molecular weight is 272 g/mol. The second-order valence-electron chi connectivity index (χ2n) is 5.36. The second kappa shape index (κ2) is 6.53. The van der Waals surface area contributed by atoms with Gasteiger partial charge < -0.3 is 9.64 Å². The first kappa shape index (κ1) is 14.5. The van der Waals surface area contributed by atoms with Gasteiger partial charge in [-0.1, -0.05) is 0 Å². The summed E-state index contributed by atoms with van der Waals surface area (Å²) < 4.78 is 5.49. The molecule has 2 rings (SSSR count). The average Bonchev–Trinajstić information content (AvgIpc) is 2.47. The number of benzene rings is 1. The zero-order valence-electron chi connectivity index (χ0n) is 12.1. The zero-order valence-corrected chi connectivity index (χ0v) is 12.1. The van der Waals surface area contributed by atoms with Crippen LogP contribution in [0.25, 0.3) is 0 Å². The van der Waals surface area contributed by atoms with Crippen molar-refractivity contribution < 1.29 is 9.53 Å². The van der Waals surface area contributed by atoms with Crippen molar-refractivity contribution in [2.75, 3.05) is 31.7 Å². The lowest BCUT2D eigenvalue weighted by molar-refractivity contribution is 0.0576. The van der Waals surface area contributed by atoms with Crippen LogP contribution in [0.15, 0.2) is 18.2 Å². The lowest BCUT2D eigenvalue weighted by Gasteiger charge is -2.29. The Morgan fingerprint density at radius 2 is 2.35 bits per heavy atom. The van der Waals surface area contributed by atoms with Crippen molar-refractivity contribution in [3.05, 3.63) is 29.3 Å². The second-order valence-corrected chi connectivity index (χ2v) is 5.36. The molecule has 1 aromatic carbocycles. The highest BCUT2D eigenvalue weighted by atomic mass is 16.5. The van der Waals surface area contributed by atoms with Gasteiger partial charge in [-0.25, -0.2) is 0 Å². The van der Waals surface area contributed by atoms with E-state index in [1.165, 1.54) is 0 Å². The van der Waals surface area contributed by atoms with Crippen molar-refractivity contribution >= 4 is 11.5 Å². The van der Waals surface area contributed by atoms with Crippen molar-refractivity contribution in [3.8, 4) is 6.07 Å². The molecule has 0 spiro atoms. The molecular weight excluding hydrogens is 252 g/mol. The summed E-state index contributed by atoms with van der Waals surface area (Å²) >= 11 is 0. The molecule has 4 nitrogen and oxygen atoms in total. The molecule has 1 aliphatic heterocycles. The predicted octanol–water partition coefficient (Wildman–Crippen LogP) is 2.62. The van der Waals surface area contributed by atoms with Crippen LogP contribution in [0.1, 0.15) is 35.7 Å². The van der Waals surface area contributed by atoms with Crippen LogP contribution in [0.2, 0.25) is 0 Å². The monoisotopic (exact) mass is 272 g/mol. The molecule has 0 N–H and O–H groups in total. The van der Waals surface area contributed by atoms with E-state index < -0.39 is 0 Å². The third-order valence-electron chi connectivity index (χ3n) is 3.72. The molecule has 0 radical (unpaired) electrons. The van der Waals surface area contributed by atoms with Gasteiger partial charge in [0.15, 0.2) is 5.78 Å². The smallest absolute Gasteiger partial charge is 0.159 e. The summed E-state index contributed by atoms with van der Waals surface area (Å²) in [7, 11) is 1.97. The third-order valence-corrected chi connectivity index (χ3v) is 3.72. The topological polar surface area (TPSA) is 53.3 Å². The highest BCUT2D eigenvalue weighted by Crippen LogP contribution is 2.24. The third kappa shape index (κ3) is 3.37. The summed E-state index contributed by atoms with van der Waals surface area (Å²) in [6.45, 7) is 4.01. The molecule has 0 bridgehead atoms. The highest BCUT2D eigenvalue weighted by Gasteiger charge is 2.18. The minimum absolute atomic E-state index is 0.0186. The number of ether oxygens (including phenoxy) is 1. The Balaban J connectivity index is 2.18. The largest absolute Gasteiger partial charge is 0.381 e. The Hall–Kier alpha value is -1.86. The molecule has 1 atom stereocenters. The van der Waals surface area contributed by atoms with Crippen LogP contribution in [0.3, 0.4) is 0 Å². The number of Topliss-reactive ketones (excluding diaryl/α,β-unsaturated/α-hetero) is 1. The van der Waals surface area contributed by atoms with Crippen molar-refractivity contribution in [1.29, 1.82) is 5.26 Å². The highest BCUT2D eigenvalue weighted by molar-refractivity contribution is 5.95. The summed E-state index contributed by atoms with van der Waals surface area (Å²) in [5, 5.41) is 9.22. The molecule has 0 aliphatic carbocycles. The van der Waals surface area contributed by atoms with Crippen LogP contribution in [0.4, 0.5) is 5.69 Å². The Labute approximate surface area is 120 Å². The van der Waals surface area contributed by atoms with E-state index in [0.29, 0.717) is 17.0 Å². The molecule has 1 aromatic rings. The van der Waals surface area contributed by atoms with Crippen LogP contribution >= 0.6 is 0 Å². The van der Waals surface area contributed by atoms with Gasteiger partial charge in [-0.05, 0) is 43.9 Å². The number of ketones is 1. The molecule has 0 amide bonds. The Morgan fingerprint density at radius 3 is 2.95 bits per heavy atom. The van der Waals surface area contributed by atoms with E-state index in [1.807, 2.05) is 13.1 Å². The maximum absolute atomic E-state index is 11.5. The molecule has 4 heteroatoms. The molecule has 0 saturated carbocycles. The number of nitrogens with zero attached hydrogens (tertiary/aromatic N) is 2. The quantitative estimate of drug-likeness (QED) is 0.791. The number of anilines is 1. The van der Waals surface area contributed by atoms with Gasteiger partial charge in [-0.3, -0.25) is 4.79 Å². The van der Waals surface area contributed by atoms with Gasteiger partial charge in [0.1, 0.15) is 6.07 Å². The molecule has 0 aromatic heterocycles. The van der Waals surface area contributed by atoms with E-state index in [4.69, 9.17) is 4.74 Å². The van der Waals surface area contributed by atoms with Crippen LogP contribution in [0.5, 0.6) is 0 Å². The van der Waals surface area contributed by atoms with Gasteiger partial charge in [0, 0.05) is 25.8 Å². The molecule has 1 aliphatic rings. The molecule has 1 heterocycles. The van der Waals surface area contributed by atoms with Gasteiger partial charge in [0.2, 0.25) is 0 Å². The molecule has 1 saturated heterocycles. The Bertz CT molecular complexity index is 528. The molecule has 1 unspecified atom stereocenters.